The van der Waals surface area contributed by atoms with Gasteiger partial charge in [0, 0.05) is 31.0 Å². The number of nitrogen functional groups attached to an aromatic ring is 1. The first-order chi connectivity index (χ1) is 10.3. The molecule has 1 fully saturated rings. The number of piperazine rings is 1. The number of carbonyl (C=O) groups is 1. The van der Waals surface area contributed by atoms with Gasteiger partial charge in [-0.2, -0.15) is 0 Å². The van der Waals surface area contributed by atoms with E-state index < -0.39 is 5.60 Å². The molecule has 3 N–H and O–H groups in total. The van der Waals surface area contributed by atoms with Crippen LogP contribution in [0.2, 0.25) is 0 Å². The Hall–Kier alpha value is -1.95. The molecule has 1 aromatic rings. The number of hydrogen-bond acceptors (Lipinski definition) is 5. The van der Waals surface area contributed by atoms with Crippen molar-refractivity contribution >= 4 is 17.5 Å². The maximum Gasteiger partial charge on any atom is 0.410 e. The van der Waals surface area contributed by atoms with Gasteiger partial charge in [0.05, 0.1) is 12.6 Å². The number of carbonyl (C=O) groups excluding carboxylic acids is 1. The van der Waals surface area contributed by atoms with E-state index in [1.54, 1.807) is 4.90 Å². The Balaban J connectivity index is 2.05. The quantitative estimate of drug-likeness (QED) is 0.813. The third-order valence-electron chi connectivity index (χ3n) is 3.58. The molecule has 6 heteroatoms. The van der Waals surface area contributed by atoms with Crippen molar-refractivity contribution < 1.29 is 14.6 Å². The number of anilines is 2. The third-order valence-corrected chi connectivity index (χ3v) is 3.58. The van der Waals surface area contributed by atoms with Crippen LogP contribution >= 0.6 is 0 Å². The Morgan fingerprint density at radius 3 is 2.50 bits per heavy atom. The summed E-state index contributed by atoms with van der Waals surface area (Å²) < 4.78 is 5.41. The van der Waals surface area contributed by atoms with Crippen molar-refractivity contribution in [3.8, 4) is 0 Å². The van der Waals surface area contributed by atoms with Gasteiger partial charge in [-0.3, -0.25) is 4.90 Å². The first-order valence-electron chi connectivity index (χ1n) is 7.51. The highest BCUT2D eigenvalue weighted by Gasteiger charge is 2.33. The number of aliphatic hydroxyl groups excluding tert-OH is 1. The first kappa shape index (κ1) is 16.4. The molecule has 0 bridgehead atoms. The zero-order valence-corrected chi connectivity index (χ0v) is 13.5. The predicted octanol–water partition coefficient (Wildman–Crippen LogP) is 1.69. The molecule has 1 atom stereocenters. The lowest BCUT2D eigenvalue weighted by Crippen LogP contribution is -2.57. The highest BCUT2D eigenvalue weighted by atomic mass is 16.6. The van der Waals surface area contributed by atoms with Gasteiger partial charge in [0.2, 0.25) is 0 Å². The van der Waals surface area contributed by atoms with E-state index in [0.29, 0.717) is 19.6 Å². The summed E-state index contributed by atoms with van der Waals surface area (Å²) >= 11 is 0. The molecule has 1 saturated heterocycles. The number of amides is 1. The standard InChI is InChI=1S/C16H25N3O3/c1-16(2,3)22-15(21)19-9-8-18(10-14(19)11-20)13-6-4-12(17)5-7-13/h4-7,14,20H,8-11,17H2,1-3H3. The Morgan fingerprint density at radius 1 is 1.32 bits per heavy atom. The number of rotatable bonds is 2. The van der Waals surface area contributed by atoms with Crippen LogP contribution in [0.25, 0.3) is 0 Å². The van der Waals surface area contributed by atoms with Crippen molar-refractivity contribution in [1.82, 2.24) is 4.90 Å². The van der Waals surface area contributed by atoms with Crippen molar-refractivity contribution in [3.63, 3.8) is 0 Å². The summed E-state index contributed by atoms with van der Waals surface area (Å²) in [6, 6.07) is 7.33. The largest absolute Gasteiger partial charge is 0.444 e. The van der Waals surface area contributed by atoms with E-state index >= 15 is 0 Å². The SMILES string of the molecule is CC(C)(C)OC(=O)N1CCN(c2ccc(N)cc2)CC1CO. The molecule has 1 aliphatic heterocycles. The number of aliphatic hydroxyl groups is 1. The zero-order chi connectivity index (χ0) is 16.3. The lowest BCUT2D eigenvalue weighted by molar-refractivity contribution is 0.00704. The summed E-state index contributed by atoms with van der Waals surface area (Å²) in [5.74, 6) is 0. The lowest BCUT2D eigenvalue weighted by Gasteiger charge is -2.42. The molecule has 0 aromatic heterocycles. The van der Waals surface area contributed by atoms with Gasteiger partial charge < -0.3 is 20.5 Å². The van der Waals surface area contributed by atoms with Crippen LogP contribution in [0.3, 0.4) is 0 Å². The third kappa shape index (κ3) is 4.04. The van der Waals surface area contributed by atoms with Crippen LogP contribution in [0.15, 0.2) is 24.3 Å². The van der Waals surface area contributed by atoms with Crippen LogP contribution in [0.5, 0.6) is 0 Å². The lowest BCUT2D eigenvalue weighted by atomic mass is 10.1. The predicted molar refractivity (Wildman–Crippen MR) is 86.9 cm³/mol. The van der Waals surface area contributed by atoms with Crippen molar-refractivity contribution in [1.29, 1.82) is 0 Å². The zero-order valence-electron chi connectivity index (χ0n) is 13.5. The van der Waals surface area contributed by atoms with Crippen LogP contribution < -0.4 is 10.6 Å². The van der Waals surface area contributed by atoms with E-state index in [0.717, 1.165) is 11.4 Å². The Morgan fingerprint density at radius 2 is 1.95 bits per heavy atom. The molecular formula is C16H25N3O3. The second kappa shape index (κ2) is 6.44. The van der Waals surface area contributed by atoms with Crippen LogP contribution in [-0.4, -0.2) is 54.0 Å². The maximum atomic E-state index is 12.2. The summed E-state index contributed by atoms with van der Waals surface area (Å²) in [4.78, 5) is 16.0. The van der Waals surface area contributed by atoms with E-state index in [1.165, 1.54) is 0 Å². The number of nitrogens with zero attached hydrogens (tertiary/aromatic N) is 2. The van der Waals surface area contributed by atoms with Crippen LogP contribution in [0.1, 0.15) is 20.8 Å². The number of nitrogens with two attached hydrogens (primary N) is 1. The fourth-order valence-corrected chi connectivity index (χ4v) is 2.49. The number of benzene rings is 1. The number of hydrogen-bond donors (Lipinski definition) is 2. The van der Waals surface area contributed by atoms with Crippen molar-refractivity contribution in [3.05, 3.63) is 24.3 Å². The molecule has 0 saturated carbocycles. The molecule has 0 radical (unpaired) electrons. The van der Waals surface area contributed by atoms with Crippen LogP contribution in [0, 0.1) is 0 Å². The summed E-state index contributed by atoms with van der Waals surface area (Å²) in [6.45, 7) is 7.20. The van der Waals surface area contributed by atoms with Crippen LogP contribution in [0.4, 0.5) is 16.2 Å². The minimum absolute atomic E-state index is 0.0925. The Labute approximate surface area is 131 Å². The van der Waals surface area contributed by atoms with Crippen molar-refractivity contribution in [2.24, 2.45) is 0 Å². The minimum Gasteiger partial charge on any atom is -0.444 e. The minimum atomic E-state index is -0.537. The highest BCUT2D eigenvalue weighted by Crippen LogP contribution is 2.22. The summed E-state index contributed by atoms with van der Waals surface area (Å²) in [7, 11) is 0. The van der Waals surface area contributed by atoms with Gasteiger partial charge in [-0.25, -0.2) is 4.79 Å². The van der Waals surface area contributed by atoms with Crippen LogP contribution in [-0.2, 0) is 4.74 Å². The Kier molecular flexibility index (Phi) is 4.81. The van der Waals surface area contributed by atoms with Gasteiger partial charge >= 0.3 is 6.09 Å². The van der Waals surface area contributed by atoms with Gasteiger partial charge in [-0.15, -0.1) is 0 Å². The van der Waals surface area contributed by atoms with Gasteiger partial charge in [-0.05, 0) is 45.0 Å². The average molecular weight is 307 g/mol. The fourth-order valence-electron chi connectivity index (χ4n) is 2.49. The van der Waals surface area contributed by atoms with Gasteiger partial charge in [-0.1, -0.05) is 0 Å². The van der Waals surface area contributed by atoms with E-state index in [2.05, 4.69) is 4.90 Å². The second-order valence-electron chi connectivity index (χ2n) is 6.55. The molecule has 1 aliphatic rings. The molecule has 1 unspecified atom stereocenters. The summed E-state index contributed by atoms with van der Waals surface area (Å²) in [6.07, 6.45) is -0.372. The van der Waals surface area contributed by atoms with Crippen molar-refractivity contribution in [2.45, 2.75) is 32.4 Å². The molecule has 6 nitrogen and oxygen atoms in total. The molecule has 0 spiro atoms. The molecule has 2 rings (SSSR count). The monoisotopic (exact) mass is 307 g/mol. The molecular weight excluding hydrogens is 282 g/mol. The van der Waals surface area contributed by atoms with E-state index in [9.17, 15) is 9.90 Å². The average Bonchev–Trinajstić information content (AvgIpc) is 2.45. The van der Waals surface area contributed by atoms with Crippen molar-refractivity contribution in [2.75, 3.05) is 36.9 Å². The maximum absolute atomic E-state index is 12.2. The molecule has 1 heterocycles. The molecule has 1 amide bonds. The van der Waals surface area contributed by atoms with Gasteiger partial charge in [0.15, 0.2) is 0 Å². The van der Waals surface area contributed by atoms with Gasteiger partial charge in [0.1, 0.15) is 5.60 Å². The number of ether oxygens (including phenoxy) is 1. The van der Waals surface area contributed by atoms with E-state index in [4.69, 9.17) is 10.5 Å². The topological polar surface area (TPSA) is 79.0 Å². The molecule has 1 aromatic carbocycles. The normalized spacial score (nSPS) is 19.2. The molecule has 122 valence electrons. The van der Waals surface area contributed by atoms with E-state index in [-0.39, 0.29) is 18.7 Å². The highest BCUT2D eigenvalue weighted by molar-refractivity contribution is 5.69. The first-order valence-corrected chi connectivity index (χ1v) is 7.51. The van der Waals surface area contributed by atoms with Gasteiger partial charge in [0.25, 0.3) is 0 Å². The summed E-state index contributed by atoms with van der Waals surface area (Å²) in [5.41, 5.74) is 6.92. The fraction of sp³-hybridized carbons (Fsp3) is 0.562. The van der Waals surface area contributed by atoms with E-state index in [1.807, 2.05) is 45.0 Å². The Bertz CT molecular complexity index is 510. The molecule has 22 heavy (non-hydrogen) atoms. The second-order valence-corrected chi connectivity index (χ2v) is 6.55. The molecule has 0 aliphatic carbocycles. The summed E-state index contributed by atoms with van der Waals surface area (Å²) in [5, 5.41) is 9.62. The smallest absolute Gasteiger partial charge is 0.410 e.